The van der Waals surface area contributed by atoms with E-state index in [1.165, 1.54) is 17.1 Å². The Labute approximate surface area is 179 Å². The number of nitrogens with zero attached hydrogens (tertiary/aromatic N) is 1. The van der Waals surface area contributed by atoms with E-state index in [0.717, 1.165) is 25.1 Å². The van der Waals surface area contributed by atoms with Crippen molar-refractivity contribution < 1.29 is 14.3 Å². The standard InChI is InChI=1S/C22H24N2O3S2/c23-20(25)17-2-1-11-24(14-17)18-7-3-15(4-8-18)21(26)27-19-9-5-16(6-10-19)22-28-12-13-29-22/h3-10,17,22H,1-2,11-14H2,(H2,23,25)/t17-/m1/s1. The van der Waals surface area contributed by atoms with Crippen LogP contribution >= 0.6 is 23.5 Å². The molecule has 0 aromatic heterocycles. The van der Waals surface area contributed by atoms with Gasteiger partial charge in [0.1, 0.15) is 5.75 Å². The van der Waals surface area contributed by atoms with Gasteiger partial charge in [-0.25, -0.2) is 4.79 Å². The number of amides is 1. The Morgan fingerprint density at radius 3 is 2.34 bits per heavy atom. The maximum Gasteiger partial charge on any atom is 0.343 e. The highest BCUT2D eigenvalue weighted by atomic mass is 32.2. The van der Waals surface area contributed by atoms with Crippen LogP contribution in [0.1, 0.15) is 33.3 Å². The second kappa shape index (κ2) is 9.13. The third kappa shape index (κ3) is 4.90. The van der Waals surface area contributed by atoms with Crippen molar-refractivity contribution >= 4 is 41.1 Å². The Balaban J connectivity index is 1.37. The SMILES string of the molecule is NC(=O)[C@@H]1CCCN(c2ccc(C(=O)Oc3ccc(C4SCCS4)cc3)cc2)C1. The maximum absolute atomic E-state index is 12.5. The number of benzene rings is 2. The van der Waals surface area contributed by atoms with Gasteiger partial charge in [-0.3, -0.25) is 4.79 Å². The van der Waals surface area contributed by atoms with Gasteiger partial charge in [0, 0.05) is 30.3 Å². The molecule has 2 heterocycles. The van der Waals surface area contributed by atoms with Gasteiger partial charge in [0.15, 0.2) is 0 Å². The van der Waals surface area contributed by atoms with Crippen LogP contribution in [0.3, 0.4) is 0 Å². The Kier molecular flexibility index (Phi) is 6.35. The summed E-state index contributed by atoms with van der Waals surface area (Å²) in [7, 11) is 0. The maximum atomic E-state index is 12.5. The fraction of sp³-hybridized carbons (Fsp3) is 0.364. The number of primary amides is 1. The van der Waals surface area contributed by atoms with Gasteiger partial charge in [0.05, 0.1) is 16.1 Å². The predicted molar refractivity (Wildman–Crippen MR) is 120 cm³/mol. The molecular formula is C22H24N2O3S2. The van der Waals surface area contributed by atoms with E-state index in [9.17, 15) is 9.59 Å². The zero-order valence-electron chi connectivity index (χ0n) is 16.1. The van der Waals surface area contributed by atoms with Crippen LogP contribution in [0.5, 0.6) is 5.75 Å². The molecule has 0 saturated carbocycles. The number of ether oxygens (including phenoxy) is 1. The summed E-state index contributed by atoms with van der Waals surface area (Å²) in [5.74, 6) is 2.19. The third-order valence-electron chi connectivity index (χ3n) is 5.28. The van der Waals surface area contributed by atoms with Crippen molar-refractivity contribution in [2.24, 2.45) is 11.7 Å². The van der Waals surface area contributed by atoms with Crippen molar-refractivity contribution in [2.45, 2.75) is 17.4 Å². The number of piperidine rings is 1. The van der Waals surface area contributed by atoms with E-state index in [0.29, 0.717) is 22.4 Å². The summed E-state index contributed by atoms with van der Waals surface area (Å²) in [5, 5.41) is 0. The van der Waals surface area contributed by atoms with E-state index < -0.39 is 0 Å². The number of anilines is 1. The largest absolute Gasteiger partial charge is 0.423 e. The van der Waals surface area contributed by atoms with E-state index in [-0.39, 0.29) is 17.8 Å². The molecule has 29 heavy (non-hydrogen) atoms. The summed E-state index contributed by atoms with van der Waals surface area (Å²) in [4.78, 5) is 26.1. The average molecular weight is 429 g/mol. The van der Waals surface area contributed by atoms with Gasteiger partial charge in [0.25, 0.3) is 0 Å². The Morgan fingerprint density at radius 1 is 1.00 bits per heavy atom. The van der Waals surface area contributed by atoms with Gasteiger partial charge in [-0.2, -0.15) is 0 Å². The van der Waals surface area contributed by atoms with E-state index in [1.807, 2.05) is 59.9 Å². The molecule has 2 fully saturated rings. The number of thioether (sulfide) groups is 2. The predicted octanol–water partition coefficient (Wildman–Crippen LogP) is 4.09. The number of carbonyl (C=O) groups excluding carboxylic acids is 2. The molecule has 5 nitrogen and oxygen atoms in total. The minimum absolute atomic E-state index is 0.114. The molecule has 0 aliphatic carbocycles. The van der Waals surface area contributed by atoms with Crippen LogP contribution in [0.4, 0.5) is 5.69 Å². The molecule has 0 bridgehead atoms. The number of rotatable bonds is 5. The molecule has 2 aromatic carbocycles. The van der Waals surface area contributed by atoms with Gasteiger partial charge >= 0.3 is 5.97 Å². The van der Waals surface area contributed by atoms with Crippen molar-refractivity contribution in [1.29, 1.82) is 0 Å². The molecule has 2 N–H and O–H groups in total. The number of esters is 1. The van der Waals surface area contributed by atoms with E-state index in [1.54, 1.807) is 12.1 Å². The lowest BCUT2D eigenvalue weighted by Gasteiger charge is -2.33. The molecule has 0 spiro atoms. The number of hydrogen-bond donors (Lipinski definition) is 1. The molecule has 1 atom stereocenters. The molecule has 0 radical (unpaired) electrons. The fourth-order valence-electron chi connectivity index (χ4n) is 3.66. The normalized spacial score (nSPS) is 19.9. The lowest BCUT2D eigenvalue weighted by atomic mass is 9.97. The molecule has 4 rings (SSSR count). The summed E-state index contributed by atoms with van der Waals surface area (Å²) >= 11 is 3.90. The molecular weight excluding hydrogens is 404 g/mol. The molecule has 152 valence electrons. The first kappa shape index (κ1) is 20.2. The van der Waals surface area contributed by atoms with Crippen LogP contribution in [0.2, 0.25) is 0 Å². The topological polar surface area (TPSA) is 72.6 Å². The Bertz CT molecular complexity index is 865. The highest BCUT2D eigenvalue weighted by molar-refractivity contribution is 8.19. The second-order valence-electron chi connectivity index (χ2n) is 7.27. The molecule has 2 saturated heterocycles. The summed E-state index contributed by atoms with van der Waals surface area (Å²) in [6, 6.07) is 15.1. The lowest BCUT2D eigenvalue weighted by Crippen LogP contribution is -2.41. The van der Waals surface area contributed by atoms with Crippen LogP contribution in [0.25, 0.3) is 0 Å². The highest BCUT2D eigenvalue weighted by Gasteiger charge is 2.24. The number of nitrogens with two attached hydrogens (primary N) is 1. The molecule has 2 aliphatic heterocycles. The van der Waals surface area contributed by atoms with Crippen LogP contribution in [-0.4, -0.2) is 36.5 Å². The van der Waals surface area contributed by atoms with E-state index in [4.69, 9.17) is 10.5 Å². The van der Waals surface area contributed by atoms with Crippen LogP contribution in [0.15, 0.2) is 48.5 Å². The third-order valence-corrected chi connectivity index (χ3v) is 8.38. The van der Waals surface area contributed by atoms with Crippen molar-refractivity contribution in [3.05, 3.63) is 59.7 Å². The fourth-order valence-corrected chi connectivity index (χ4v) is 6.52. The summed E-state index contributed by atoms with van der Waals surface area (Å²) in [5.41, 5.74) is 8.21. The second-order valence-corrected chi connectivity index (χ2v) is 9.99. The van der Waals surface area contributed by atoms with E-state index in [2.05, 4.69) is 4.90 Å². The summed E-state index contributed by atoms with van der Waals surface area (Å²) < 4.78 is 6.01. The van der Waals surface area contributed by atoms with Crippen molar-refractivity contribution in [2.75, 3.05) is 29.5 Å². The van der Waals surface area contributed by atoms with Crippen molar-refractivity contribution in [1.82, 2.24) is 0 Å². The van der Waals surface area contributed by atoms with E-state index >= 15 is 0 Å². The molecule has 2 aromatic rings. The van der Waals surface area contributed by atoms with Gasteiger partial charge in [0.2, 0.25) is 5.91 Å². The first-order chi connectivity index (χ1) is 14.1. The highest BCUT2D eigenvalue weighted by Crippen LogP contribution is 2.45. The first-order valence-corrected chi connectivity index (χ1v) is 11.9. The first-order valence-electron chi connectivity index (χ1n) is 9.80. The van der Waals surface area contributed by atoms with Gasteiger partial charge in [-0.1, -0.05) is 12.1 Å². The Morgan fingerprint density at radius 2 is 1.69 bits per heavy atom. The van der Waals surface area contributed by atoms with Crippen LogP contribution in [-0.2, 0) is 4.79 Å². The minimum Gasteiger partial charge on any atom is -0.423 e. The monoisotopic (exact) mass is 428 g/mol. The van der Waals surface area contributed by atoms with Gasteiger partial charge in [-0.05, 0) is 54.8 Å². The summed E-state index contributed by atoms with van der Waals surface area (Å²) in [6.45, 7) is 1.51. The number of carbonyl (C=O) groups is 2. The molecule has 1 amide bonds. The van der Waals surface area contributed by atoms with Gasteiger partial charge in [-0.15, -0.1) is 23.5 Å². The van der Waals surface area contributed by atoms with Crippen molar-refractivity contribution in [3.8, 4) is 5.75 Å². The smallest absolute Gasteiger partial charge is 0.343 e. The average Bonchev–Trinajstić information content (AvgIpc) is 3.29. The van der Waals surface area contributed by atoms with Crippen LogP contribution < -0.4 is 15.4 Å². The minimum atomic E-state index is -0.373. The molecule has 7 heteroatoms. The van der Waals surface area contributed by atoms with Gasteiger partial charge < -0.3 is 15.4 Å². The lowest BCUT2D eigenvalue weighted by molar-refractivity contribution is -0.122. The number of hydrogen-bond acceptors (Lipinski definition) is 6. The molecule has 0 unspecified atom stereocenters. The van der Waals surface area contributed by atoms with Crippen LogP contribution in [0, 0.1) is 5.92 Å². The molecule has 2 aliphatic rings. The Hall–Kier alpha value is -2.12. The zero-order chi connectivity index (χ0) is 20.2. The quantitative estimate of drug-likeness (QED) is 0.571. The van der Waals surface area contributed by atoms with Crippen molar-refractivity contribution in [3.63, 3.8) is 0 Å². The zero-order valence-corrected chi connectivity index (χ0v) is 17.7. The summed E-state index contributed by atoms with van der Waals surface area (Å²) in [6.07, 6.45) is 1.78.